The van der Waals surface area contributed by atoms with Crippen molar-refractivity contribution >= 4 is 62.5 Å². The van der Waals surface area contributed by atoms with Crippen molar-refractivity contribution in [1.29, 1.82) is 0 Å². The van der Waals surface area contributed by atoms with E-state index in [0.29, 0.717) is 15.6 Å². The molecule has 0 amide bonds. The lowest BCUT2D eigenvalue weighted by Gasteiger charge is -2.16. The fraction of sp³-hybridized carbons (Fsp3) is 0.176. The van der Waals surface area contributed by atoms with Crippen LogP contribution in [0.4, 0.5) is 17.2 Å². The van der Waals surface area contributed by atoms with E-state index in [1.54, 1.807) is 18.5 Å². The zero-order chi connectivity index (χ0) is 17.6. The third-order valence-electron chi connectivity index (χ3n) is 3.92. The van der Waals surface area contributed by atoms with Crippen molar-refractivity contribution in [2.75, 3.05) is 30.4 Å². The van der Waals surface area contributed by atoms with Crippen LogP contribution in [0, 0.1) is 0 Å². The molecule has 0 N–H and O–H groups in total. The summed E-state index contributed by atoms with van der Waals surface area (Å²) in [7, 11) is 3.82. The van der Waals surface area contributed by atoms with Crippen LogP contribution in [0.15, 0.2) is 35.6 Å². The third kappa shape index (κ3) is 2.75. The smallest absolute Gasteiger partial charge is 0.194 e. The molecule has 25 heavy (non-hydrogen) atoms. The van der Waals surface area contributed by atoms with Gasteiger partial charge in [-0.05, 0) is 24.3 Å². The monoisotopic (exact) mass is 371 g/mol. The number of hydrogen-bond acceptors (Lipinski definition) is 7. The molecule has 1 aromatic carbocycles. The first kappa shape index (κ1) is 16.0. The minimum Gasteiger partial charge on any atom is -0.362 e. The van der Waals surface area contributed by atoms with E-state index in [2.05, 4.69) is 15.0 Å². The number of carbonyl (C=O) groups excluding carboxylic acids is 1. The summed E-state index contributed by atoms with van der Waals surface area (Å²) in [5.74, 6) is 0.766. The van der Waals surface area contributed by atoms with Gasteiger partial charge in [0.2, 0.25) is 0 Å². The van der Waals surface area contributed by atoms with Gasteiger partial charge in [0.05, 0.1) is 24.0 Å². The number of aromatic nitrogens is 2. The van der Waals surface area contributed by atoms with Gasteiger partial charge in [-0.3, -0.25) is 4.79 Å². The SMILES string of the molecule is CN(C)c1ncnc2sc3c(c12)N=CN(c1ccc(Cl)cc1)CC3=O. The van der Waals surface area contributed by atoms with Gasteiger partial charge in [-0.2, -0.15) is 0 Å². The Bertz CT molecular complexity index is 996. The quantitative estimate of drug-likeness (QED) is 0.686. The number of fused-ring (bicyclic) bond motifs is 3. The number of ketones is 1. The lowest BCUT2D eigenvalue weighted by Crippen LogP contribution is -2.26. The Balaban J connectivity index is 1.85. The molecule has 6 nitrogen and oxygen atoms in total. The van der Waals surface area contributed by atoms with Gasteiger partial charge in [-0.25, -0.2) is 15.0 Å². The van der Waals surface area contributed by atoms with Crippen LogP contribution in [0.1, 0.15) is 9.67 Å². The lowest BCUT2D eigenvalue weighted by atomic mass is 10.2. The molecule has 1 aliphatic heterocycles. The Labute approximate surface area is 153 Å². The fourth-order valence-electron chi connectivity index (χ4n) is 2.74. The van der Waals surface area contributed by atoms with E-state index in [-0.39, 0.29) is 12.3 Å². The number of aliphatic imine (C=N–C) groups is 1. The van der Waals surface area contributed by atoms with Crippen molar-refractivity contribution in [1.82, 2.24) is 9.97 Å². The summed E-state index contributed by atoms with van der Waals surface area (Å²) in [5.41, 5.74) is 1.51. The highest BCUT2D eigenvalue weighted by molar-refractivity contribution is 7.21. The molecule has 0 fully saturated rings. The molecule has 0 radical (unpaired) electrons. The maximum absolute atomic E-state index is 12.8. The third-order valence-corrected chi connectivity index (χ3v) is 5.30. The summed E-state index contributed by atoms with van der Waals surface area (Å²) in [6.45, 7) is 0.218. The molecule has 0 saturated carbocycles. The molecule has 3 heterocycles. The first-order chi connectivity index (χ1) is 12.0. The highest BCUT2D eigenvalue weighted by atomic mass is 35.5. The molecule has 0 spiro atoms. The average Bonchev–Trinajstić information content (AvgIpc) is 2.90. The molecule has 1 aliphatic rings. The number of rotatable bonds is 2. The van der Waals surface area contributed by atoms with Gasteiger partial charge < -0.3 is 9.80 Å². The highest BCUT2D eigenvalue weighted by Gasteiger charge is 2.26. The van der Waals surface area contributed by atoms with Crippen molar-refractivity contribution in [2.24, 2.45) is 4.99 Å². The number of halogens is 1. The van der Waals surface area contributed by atoms with Gasteiger partial charge in [0, 0.05) is 24.8 Å². The van der Waals surface area contributed by atoms with Crippen molar-refractivity contribution in [3.63, 3.8) is 0 Å². The summed E-state index contributed by atoms with van der Waals surface area (Å²) in [6, 6.07) is 7.33. The largest absolute Gasteiger partial charge is 0.362 e. The van der Waals surface area contributed by atoms with Crippen LogP contribution in [0.3, 0.4) is 0 Å². The van der Waals surface area contributed by atoms with Gasteiger partial charge in [0.15, 0.2) is 5.78 Å². The van der Waals surface area contributed by atoms with E-state index in [9.17, 15) is 4.79 Å². The summed E-state index contributed by atoms with van der Waals surface area (Å²) in [5, 5.41) is 1.47. The van der Waals surface area contributed by atoms with Crippen LogP contribution >= 0.6 is 22.9 Å². The maximum Gasteiger partial charge on any atom is 0.194 e. The van der Waals surface area contributed by atoms with Crippen LogP contribution < -0.4 is 9.80 Å². The van der Waals surface area contributed by atoms with Gasteiger partial charge >= 0.3 is 0 Å². The zero-order valence-corrected chi connectivity index (χ0v) is 15.2. The van der Waals surface area contributed by atoms with E-state index in [1.165, 1.54) is 17.7 Å². The van der Waals surface area contributed by atoms with Crippen LogP contribution in [0.5, 0.6) is 0 Å². The number of anilines is 2. The number of nitrogens with zero attached hydrogens (tertiary/aromatic N) is 5. The van der Waals surface area contributed by atoms with E-state index < -0.39 is 0 Å². The van der Waals surface area contributed by atoms with Crippen molar-refractivity contribution in [3.05, 3.63) is 40.5 Å². The Morgan fingerprint density at radius 3 is 2.68 bits per heavy atom. The second-order valence-electron chi connectivity index (χ2n) is 5.82. The molecule has 0 unspecified atom stereocenters. The highest BCUT2D eigenvalue weighted by Crippen LogP contribution is 2.42. The minimum atomic E-state index is 0.00940. The molecular formula is C17H14ClN5OS. The molecule has 0 aliphatic carbocycles. The number of carbonyl (C=O) groups is 1. The molecule has 2 aromatic heterocycles. The summed E-state index contributed by atoms with van der Waals surface area (Å²) < 4.78 is 0. The Hall–Kier alpha value is -2.51. The van der Waals surface area contributed by atoms with Crippen molar-refractivity contribution in [3.8, 4) is 0 Å². The van der Waals surface area contributed by atoms with E-state index in [1.807, 2.05) is 36.0 Å². The molecule has 3 aromatic rings. The molecule has 8 heteroatoms. The predicted octanol–water partition coefficient (Wildman–Crippen LogP) is 3.77. The summed E-state index contributed by atoms with van der Waals surface area (Å²) in [4.78, 5) is 31.2. The Kier molecular flexibility index (Phi) is 3.89. The van der Waals surface area contributed by atoms with E-state index in [4.69, 9.17) is 11.6 Å². The topological polar surface area (TPSA) is 61.7 Å². The fourth-order valence-corrected chi connectivity index (χ4v) is 3.88. The summed E-state index contributed by atoms with van der Waals surface area (Å²) >= 11 is 7.31. The number of benzene rings is 1. The first-order valence-corrected chi connectivity index (χ1v) is 8.78. The van der Waals surface area contributed by atoms with Crippen molar-refractivity contribution < 1.29 is 4.79 Å². The predicted molar refractivity (Wildman–Crippen MR) is 103 cm³/mol. The maximum atomic E-state index is 12.8. The lowest BCUT2D eigenvalue weighted by molar-refractivity contribution is 0.101. The van der Waals surface area contributed by atoms with Crippen LogP contribution in [-0.2, 0) is 0 Å². The van der Waals surface area contributed by atoms with Gasteiger partial charge in [-0.1, -0.05) is 11.6 Å². The molecule has 0 atom stereocenters. The molecular weight excluding hydrogens is 358 g/mol. The van der Waals surface area contributed by atoms with Gasteiger partial charge in [0.1, 0.15) is 21.9 Å². The average molecular weight is 372 g/mol. The normalized spacial score (nSPS) is 13.9. The molecule has 0 bridgehead atoms. The minimum absolute atomic E-state index is 0.00940. The second-order valence-corrected chi connectivity index (χ2v) is 7.26. The number of thiophene rings is 1. The van der Waals surface area contributed by atoms with E-state index in [0.717, 1.165) is 21.7 Å². The number of hydrogen-bond donors (Lipinski definition) is 0. The molecule has 0 saturated heterocycles. The van der Waals surface area contributed by atoms with Gasteiger partial charge in [-0.15, -0.1) is 11.3 Å². The Morgan fingerprint density at radius 1 is 1.20 bits per heavy atom. The summed E-state index contributed by atoms with van der Waals surface area (Å²) in [6.07, 6.45) is 3.20. The van der Waals surface area contributed by atoms with Gasteiger partial charge in [0.25, 0.3) is 0 Å². The molecule has 126 valence electrons. The molecule has 4 rings (SSSR count). The van der Waals surface area contributed by atoms with Crippen LogP contribution in [0.2, 0.25) is 5.02 Å². The second kappa shape index (κ2) is 6.09. The van der Waals surface area contributed by atoms with Crippen LogP contribution in [-0.4, -0.2) is 42.7 Å². The van der Waals surface area contributed by atoms with E-state index >= 15 is 0 Å². The number of Topliss-reactive ketones (excluding diaryl/α,β-unsaturated/α-hetero) is 1. The standard InChI is InChI=1S/C17H14ClN5OS/c1-22(2)16-13-14-15(25-17(13)20-8-19-16)12(24)7-23(9-21-14)11-5-3-10(18)4-6-11/h3-6,8-9H,7H2,1-2H3. The zero-order valence-electron chi connectivity index (χ0n) is 13.6. The van der Waals surface area contributed by atoms with Crippen LogP contribution in [0.25, 0.3) is 10.2 Å². The Morgan fingerprint density at radius 2 is 1.96 bits per heavy atom. The van der Waals surface area contributed by atoms with Crippen molar-refractivity contribution in [2.45, 2.75) is 0 Å². The first-order valence-electron chi connectivity index (χ1n) is 7.59.